The van der Waals surface area contributed by atoms with Crippen molar-refractivity contribution < 1.29 is 4.79 Å². The molecule has 2 aliphatic rings. The number of allylic oxidation sites excluding steroid dienone is 2. The first kappa shape index (κ1) is 10.9. The van der Waals surface area contributed by atoms with Gasteiger partial charge in [-0.2, -0.15) is 0 Å². The van der Waals surface area contributed by atoms with Gasteiger partial charge < -0.3 is 0 Å². The highest BCUT2D eigenvalue weighted by molar-refractivity contribution is 5.99. The molecule has 0 aromatic carbocycles. The quantitative estimate of drug-likeness (QED) is 0.685. The molecule has 2 rings (SSSR count). The molecule has 1 fully saturated rings. The van der Waals surface area contributed by atoms with Crippen molar-refractivity contribution in [3.05, 3.63) is 11.1 Å². The standard InChI is InChI=1S/C14H22O/c1-4-5-6-11-10-7-8-14(2,3)12(10)9-13(11)15/h12H,4-9H2,1-3H3/t12-/m1/s1. The Bertz CT molecular complexity index is 309. The summed E-state index contributed by atoms with van der Waals surface area (Å²) < 4.78 is 0. The molecule has 84 valence electrons. The summed E-state index contributed by atoms with van der Waals surface area (Å²) in [6, 6.07) is 0. The number of hydrogen-bond acceptors (Lipinski definition) is 1. The number of unbranched alkanes of at least 4 members (excludes halogenated alkanes) is 1. The number of ketones is 1. The Morgan fingerprint density at radius 1 is 1.40 bits per heavy atom. The molecule has 0 N–H and O–H groups in total. The lowest BCUT2D eigenvalue weighted by molar-refractivity contribution is -0.116. The van der Waals surface area contributed by atoms with Gasteiger partial charge in [0.1, 0.15) is 0 Å². The molecule has 0 heterocycles. The van der Waals surface area contributed by atoms with Gasteiger partial charge >= 0.3 is 0 Å². The van der Waals surface area contributed by atoms with E-state index in [0.717, 1.165) is 12.8 Å². The van der Waals surface area contributed by atoms with Crippen molar-refractivity contribution in [2.75, 3.05) is 0 Å². The highest BCUT2D eigenvalue weighted by atomic mass is 16.1. The SMILES string of the molecule is CCCCC1=C2CCC(C)(C)[C@@H]2CC1=O. The van der Waals surface area contributed by atoms with Crippen LogP contribution in [0.3, 0.4) is 0 Å². The first-order valence-electron chi connectivity index (χ1n) is 6.31. The van der Waals surface area contributed by atoms with Gasteiger partial charge in [-0.3, -0.25) is 4.79 Å². The van der Waals surface area contributed by atoms with Gasteiger partial charge in [0.15, 0.2) is 5.78 Å². The highest BCUT2D eigenvalue weighted by Crippen LogP contribution is 2.53. The molecule has 0 aromatic heterocycles. The molecule has 1 heteroatoms. The minimum atomic E-state index is 0.374. The fourth-order valence-electron chi connectivity index (χ4n) is 3.18. The summed E-state index contributed by atoms with van der Waals surface area (Å²) in [5.74, 6) is 1.04. The largest absolute Gasteiger partial charge is 0.295 e. The molecule has 0 aromatic rings. The Morgan fingerprint density at radius 3 is 2.80 bits per heavy atom. The maximum absolute atomic E-state index is 11.9. The molecule has 1 saturated carbocycles. The van der Waals surface area contributed by atoms with Crippen LogP contribution in [0, 0.1) is 11.3 Å². The molecule has 0 radical (unpaired) electrons. The van der Waals surface area contributed by atoms with Gasteiger partial charge in [0.25, 0.3) is 0 Å². The van der Waals surface area contributed by atoms with Crippen LogP contribution in [0.2, 0.25) is 0 Å². The van der Waals surface area contributed by atoms with Crippen LogP contribution < -0.4 is 0 Å². The van der Waals surface area contributed by atoms with Crippen molar-refractivity contribution in [3.8, 4) is 0 Å². The zero-order valence-electron chi connectivity index (χ0n) is 10.2. The van der Waals surface area contributed by atoms with Gasteiger partial charge in [-0.1, -0.05) is 32.8 Å². The van der Waals surface area contributed by atoms with E-state index in [1.807, 2.05) is 0 Å². The van der Waals surface area contributed by atoms with Gasteiger partial charge in [0.2, 0.25) is 0 Å². The van der Waals surface area contributed by atoms with E-state index in [4.69, 9.17) is 0 Å². The van der Waals surface area contributed by atoms with E-state index < -0.39 is 0 Å². The summed E-state index contributed by atoms with van der Waals surface area (Å²) in [6.07, 6.45) is 6.67. The van der Waals surface area contributed by atoms with Crippen LogP contribution in [-0.4, -0.2) is 5.78 Å². The molecule has 0 amide bonds. The zero-order chi connectivity index (χ0) is 11.1. The van der Waals surface area contributed by atoms with Crippen LogP contribution >= 0.6 is 0 Å². The van der Waals surface area contributed by atoms with Crippen molar-refractivity contribution in [1.29, 1.82) is 0 Å². The third kappa shape index (κ3) is 1.77. The molecular formula is C14H22O. The second kappa shape index (κ2) is 3.77. The van der Waals surface area contributed by atoms with E-state index in [2.05, 4.69) is 20.8 Å². The van der Waals surface area contributed by atoms with Gasteiger partial charge in [-0.25, -0.2) is 0 Å². The Balaban J connectivity index is 2.21. The first-order chi connectivity index (χ1) is 7.06. The molecule has 0 aliphatic heterocycles. The number of fused-ring (bicyclic) bond motifs is 1. The number of rotatable bonds is 3. The van der Waals surface area contributed by atoms with Crippen LogP contribution in [-0.2, 0) is 4.79 Å². The van der Waals surface area contributed by atoms with Crippen molar-refractivity contribution in [1.82, 2.24) is 0 Å². The fourth-order valence-corrected chi connectivity index (χ4v) is 3.18. The van der Waals surface area contributed by atoms with E-state index >= 15 is 0 Å². The summed E-state index contributed by atoms with van der Waals surface area (Å²) >= 11 is 0. The Morgan fingerprint density at radius 2 is 2.13 bits per heavy atom. The summed E-state index contributed by atoms with van der Waals surface area (Å²) in [7, 11) is 0. The summed E-state index contributed by atoms with van der Waals surface area (Å²) in [5, 5.41) is 0. The first-order valence-corrected chi connectivity index (χ1v) is 6.31. The topological polar surface area (TPSA) is 17.1 Å². The molecule has 1 atom stereocenters. The lowest BCUT2D eigenvalue weighted by Gasteiger charge is -2.23. The fraction of sp³-hybridized carbons (Fsp3) is 0.786. The second-order valence-corrected chi connectivity index (χ2v) is 5.78. The molecular weight excluding hydrogens is 184 g/mol. The van der Waals surface area contributed by atoms with Crippen LogP contribution in [0.25, 0.3) is 0 Å². The van der Waals surface area contributed by atoms with E-state index in [9.17, 15) is 4.79 Å². The van der Waals surface area contributed by atoms with E-state index in [1.165, 1.54) is 36.8 Å². The summed E-state index contributed by atoms with van der Waals surface area (Å²) in [6.45, 7) is 6.84. The van der Waals surface area contributed by atoms with Crippen LogP contribution in [0.1, 0.15) is 59.3 Å². The van der Waals surface area contributed by atoms with Gasteiger partial charge in [0.05, 0.1) is 0 Å². The molecule has 15 heavy (non-hydrogen) atoms. The lowest BCUT2D eigenvalue weighted by Crippen LogP contribution is -2.17. The van der Waals surface area contributed by atoms with Crippen molar-refractivity contribution in [2.45, 2.75) is 59.3 Å². The summed E-state index contributed by atoms with van der Waals surface area (Å²) in [5.41, 5.74) is 3.12. The summed E-state index contributed by atoms with van der Waals surface area (Å²) in [4.78, 5) is 11.9. The second-order valence-electron chi connectivity index (χ2n) is 5.78. The minimum absolute atomic E-state index is 0.374. The molecule has 1 nitrogen and oxygen atoms in total. The maximum atomic E-state index is 11.9. The molecule has 0 unspecified atom stereocenters. The molecule has 0 bridgehead atoms. The number of carbonyl (C=O) groups is 1. The van der Waals surface area contributed by atoms with E-state index in [1.54, 1.807) is 0 Å². The van der Waals surface area contributed by atoms with Crippen LogP contribution in [0.5, 0.6) is 0 Å². The smallest absolute Gasteiger partial charge is 0.159 e. The average molecular weight is 206 g/mol. The molecule has 2 aliphatic carbocycles. The monoisotopic (exact) mass is 206 g/mol. The third-order valence-electron chi connectivity index (χ3n) is 4.30. The van der Waals surface area contributed by atoms with Gasteiger partial charge in [-0.15, -0.1) is 0 Å². The minimum Gasteiger partial charge on any atom is -0.295 e. The van der Waals surface area contributed by atoms with Crippen molar-refractivity contribution in [2.24, 2.45) is 11.3 Å². The Hall–Kier alpha value is -0.590. The molecule has 0 saturated heterocycles. The Kier molecular flexibility index (Phi) is 2.74. The number of Topliss-reactive ketones (excluding diaryl/α,β-unsaturated/α-hetero) is 1. The average Bonchev–Trinajstić information content (AvgIpc) is 2.63. The highest BCUT2D eigenvalue weighted by Gasteiger charge is 2.45. The maximum Gasteiger partial charge on any atom is 0.159 e. The van der Waals surface area contributed by atoms with Crippen LogP contribution in [0.15, 0.2) is 11.1 Å². The van der Waals surface area contributed by atoms with E-state index in [0.29, 0.717) is 17.1 Å². The predicted octanol–water partition coefficient (Wildman–Crippen LogP) is 3.88. The molecule has 0 spiro atoms. The third-order valence-corrected chi connectivity index (χ3v) is 4.30. The van der Waals surface area contributed by atoms with Gasteiger partial charge in [-0.05, 0) is 42.6 Å². The lowest BCUT2D eigenvalue weighted by atomic mass is 9.80. The van der Waals surface area contributed by atoms with Crippen LogP contribution in [0.4, 0.5) is 0 Å². The van der Waals surface area contributed by atoms with Crippen molar-refractivity contribution in [3.63, 3.8) is 0 Å². The van der Waals surface area contributed by atoms with Crippen molar-refractivity contribution >= 4 is 5.78 Å². The predicted molar refractivity (Wildman–Crippen MR) is 62.7 cm³/mol. The van der Waals surface area contributed by atoms with E-state index in [-0.39, 0.29) is 0 Å². The Labute approximate surface area is 92.9 Å². The normalized spacial score (nSPS) is 28.7. The number of hydrogen-bond donors (Lipinski definition) is 0. The zero-order valence-corrected chi connectivity index (χ0v) is 10.2. The number of carbonyl (C=O) groups excluding carboxylic acids is 1. The van der Waals surface area contributed by atoms with Gasteiger partial charge in [0, 0.05) is 6.42 Å².